The third-order valence-corrected chi connectivity index (χ3v) is 4.45. The highest BCUT2D eigenvalue weighted by molar-refractivity contribution is 6.31. The molecule has 3 rings (SSSR count). The molecule has 134 valence electrons. The van der Waals surface area contributed by atoms with Gasteiger partial charge in [0.05, 0.1) is 12.1 Å². The Labute approximate surface area is 153 Å². The molecule has 8 heteroatoms. The predicted molar refractivity (Wildman–Crippen MR) is 96.2 cm³/mol. The van der Waals surface area contributed by atoms with Crippen LogP contribution in [0.1, 0.15) is 24.1 Å². The van der Waals surface area contributed by atoms with Crippen LogP contribution < -0.4 is 10.6 Å². The lowest BCUT2D eigenvalue weighted by molar-refractivity contribution is -0.136. The third-order valence-electron chi connectivity index (χ3n) is 4.06. The Morgan fingerprint density at radius 1 is 1.12 bits per heavy atom. The Morgan fingerprint density at radius 3 is 2.54 bits per heavy atom. The maximum absolute atomic E-state index is 12.7. The first-order valence-electron chi connectivity index (χ1n) is 8.01. The van der Waals surface area contributed by atoms with E-state index in [0.29, 0.717) is 18.5 Å². The maximum Gasteiger partial charge on any atom is 0.303 e. The minimum atomic E-state index is -1.08. The van der Waals surface area contributed by atoms with E-state index in [4.69, 9.17) is 16.7 Å². The highest BCUT2D eigenvalue weighted by Crippen LogP contribution is 2.14. The highest BCUT2D eigenvalue weighted by Gasteiger charge is 2.17. The van der Waals surface area contributed by atoms with Gasteiger partial charge in [0, 0.05) is 6.42 Å². The molecule has 0 saturated carbocycles. The van der Waals surface area contributed by atoms with E-state index in [2.05, 4.69) is 10.1 Å². The Hall–Kier alpha value is -2.93. The highest BCUT2D eigenvalue weighted by atomic mass is 35.5. The minimum Gasteiger partial charge on any atom is -0.511 e. The van der Waals surface area contributed by atoms with E-state index in [9.17, 15) is 14.7 Å². The molecular formula is C18H16ClN3O4. The van der Waals surface area contributed by atoms with Gasteiger partial charge in [-0.15, -0.1) is 0 Å². The number of benzene rings is 1. The molecule has 0 aliphatic rings. The first-order valence-corrected chi connectivity index (χ1v) is 8.38. The molecule has 0 spiro atoms. The first-order chi connectivity index (χ1) is 12.5. The SMILES string of the molecule is O=C(O)CC/C(O)=c1\c(=O)c(Cl)c(CCc2ccccc2)n2ncnc12. The summed E-state index contributed by atoms with van der Waals surface area (Å²) in [6, 6.07) is 9.74. The summed E-state index contributed by atoms with van der Waals surface area (Å²) >= 11 is 6.27. The van der Waals surface area contributed by atoms with Crippen LogP contribution in [-0.2, 0) is 17.6 Å². The molecule has 26 heavy (non-hydrogen) atoms. The van der Waals surface area contributed by atoms with Crippen molar-refractivity contribution in [3.63, 3.8) is 0 Å². The summed E-state index contributed by atoms with van der Waals surface area (Å²) in [6.07, 6.45) is 1.90. The zero-order chi connectivity index (χ0) is 18.7. The van der Waals surface area contributed by atoms with E-state index in [1.807, 2.05) is 30.3 Å². The number of fused-ring (bicyclic) bond motifs is 1. The van der Waals surface area contributed by atoms with Crippen molar-refractivity contribution in [3.05, 3.63) is 68.4 Å². The van der Waals surface area contributed by atoms with Crippen LogP contribution in [0.4, 0.5) is 0 Å². The number of aliphatic hydroxyl groups is 1. The number of rotatable bonds is 6. The number of carboxylic acid groups (broad SMARTS) is 1. The topological polar surface area (TPSA) is 105 Å². The van der Waals surface area contributed by atoms with Gasteiger partial charge in [-0.25, -0.2) is 9.50 Å². The van der Waals surface area contributed by atoms with Crippen LogP contribution in [0.15, 0.2) is 41.5 Å². The summed E-state index contributed by atoms with van der Waals surface area (Å²) in [4.78, 5) is 27.4. The Bertz CT molecular complexity index is 1060. The van der Waals surface area contributed by atoms with E-state index in [1.165, 1.54) is 10.8 Å². The van der Waals surface area contributed by atoms with Gasteiger partial charge in [0.2, 0.25) is 5.43 Å². The second-order valence-electron chi connectivity index (χ2n) is 5.79. The van der Waals surface area contributed by atoms with Crippen molar-refractivity contribution in [2.75, 3.05) is 0 Å². The molecule has 0 aliphatic heterocycles. The zero-order valence-corrected chi connectivity index (χ0v) is 14.5. The number of carbonyl (C=O) groups is 1. The van der Waals surface area contributed by atoms with Gasteiger partial charge >= 0.3 is 5.97 Å². The zero-order valence-electron chi connectivity index (χ0n) is 13.7. The monoisotopic (exact) mass is 373 g/mol. The van der Waals surface area contributed by atoms with Crippen LogP contribution in [0.25, 0.3) is 11.4 Å². The lowest BCUT2D eigenvalue weighted by Gasteiger charge is -2.08. The molecule has 0 amide bonds. The predicted octanol–water partition coefficient (Wildman–Crippen LogP) is 1.78. The van der Waals surface area contributed by atoms with E-state index >= 15 is 0 Å². The van der Waals surface area contributed by atoms with Gasteiger partial charge in [0.15, 0.2) is 5.65 Å². The third kappa shape index (κ3) is 3.52. The van der Waals surface area contributed by atoms with Gasteiger partial charge < -0.3 is 10.2 Å². The summed E-state index contributed by atoms with van der Waals surface area (Å²) in [5.41, 5.74) is 1.19. The lowest BCUT2D eigenvalue weighted by Crippen LogP contribution is -2.32. The van der Waals surface area contributed by atoms with Crippen molar-refractivity contribution in [2.45, 2.75) is 25.7 Å². The number of aliphatic carboxylic acids is 1. The molecule has 2 aromatic heterocycles. The van der Waals surface area contributed by atoms with Crippen LogP contribution in [0.3, 0.4) is 0 Å². The summed E-state index contributed by atoms with van der Waals surface area (Å²) in [6.45, 7) is 0. The minimum absolute atomic E-state index is 0.0455. The lowest BCUT2D eigenvalue weighted by atomic mass is 10.1. The number of hydrogen-bond donors (Lipinski definition) is 2. The van der Waals surface area contributed by atoms with Gasteiger partial charge in [-0.3, -0.25) is 9.59 Å². The van der Waals surface area contributed by atoms with Crippen LogP contribution >= 0.6 is 11.6 Å². The van der Waals surface area contributed by atoms with Gasteiger partial charge in [0.1, 0.15) is 22.3 Å². The molecule has 7 nitrogen and oxygen atoms in total. The number of pyridine rings is 1. The Morgan fingerprint density at radius 2 is 1.85 bits per heavy atom. The molecule has 0 bridgehead atoms. The fourth-order valence-electron chi connectivity index (χ4n) is 2.78. The second-order valence-corrected chi connectivity index (χ2v) is 6.16. The Balaban J connectivity index is 2.08. The normalized spacial score (nSPS) is 12.3. The van der Waals surface area contributed by atoms with Crippen molar-refractivity contribution >= 4 is 29.0 Å². The molecule has 0 aliphatic carbocycles. The summed E-state index contributed by atoms with van der Waals surface area (Å²) in [5.74, 6) is -1.43. The van der Waals surface area contributed by atoms with Crippen molar-refractivity contribution < 1.29 is 15.0 Å². The quantitative estimate of drug-likeness (QED) is 0.682. The smallest absolute Gasteiger partial charge is 0.303 e. The van der Waals surface area contributed by atoms with Crippen molar-refractivity contribution in [1.29, 1.82) is 0 Å². The molecule has 0 radical (unpaired) electrons. The molecule has 0 saturated heterocycles. The van der Waals surface area contributed by atoms with Crippen molar-refractivity contribution in [1.82, 2.24) is 14.6 Å². The Kier molecular flexibility index (Phi) is 5.18. The summed E-state index contributed by atoms with van der Waals surface area (Å²) in [5, 5.41) is 22.9. The van der Waals surface area contributed by atoms with E-state index < -0.39 is 11.4 Å². The number of carboxylic acids is 1. The van der Waals surface area contributed by atoms with E-state index in [-0.39, 0.29) is 34.5 Å². The molecule has 2 N–H and O–H groups in total. The van der Waals surface area contributed by atoms with Crippen LogP contribution in [-0.4, -0.2) is 30.8 Å². The maximum atomic E-state index is 12.7. The standard InChI is InChI=1S/C18H16ClN3O4/c19-16-12(7-6-11-4-2-1-3-5-11)22-18(20-10-21-22)15(17(16)26)13(23)8-9-14(24)25/h1-5,10,23H,6-9H2,(H,24,25)/b15-13-. The fourth-order valence-corrected chi connectivity index (χ4v) is 3.05. The number of aryl methyl sites for hydroxylation is 2. The average molecular weight is 374 g/mol. The number of aromatic nitrogens is 3. The second kappa shape index (κ2) is 7.53. The first kappa shape index (κ1) is 17.9. The molecular weight excluding hydrogens is 358 g/mol. The molecule has 2 heterocycles. The van der Waals surface area contributed by atoms with Gasteiger partial charge in [0.25, 0.3) is 0 Å². The van der Waals surface area contributed by atoms with E-state index in [1.54, 1.807) is 0 Å². The summed E-state index contributed by atoms with van der Waals surface area (Å²) < 4.78 is 1.43. The van der Waals surface area contributed by atoms with Gasteiger partial charge in [-0.1, -0.05) is 41.9 Å². The van der Waals surface area contributed by atoms with E-state index in [0.717, 1.165) is 5.56 Å². The molecule has 3 aromatic rings. The number of hydrogen-bond acceptors (Lipinski definition) is 5. The van der Waals surface area contributed by atoms with Crippen LogP contribution in [0.5, 0.6) is 0 Å². The number of aliphatic hydroxyl groups excluding tert-OH is 1. The van der Waals surface area contributed by atoms with Crippen LogP contribution in [0.2, 0.25) is 5.02 Å². The molecule has 0 atom stereocenters. The van der Waals surface area contributed by atoms with Gasteiger partial charge in [-0.2, -0.15) is 5.10 Å². The van der Waals surface area contributed by atoms with Crippen molar-refractivity contribution in [2.24, 2.45) is 0 Å². The molecule has 0 unspecified atom stereocenters. The number of nitrogens with zero attached hydrogens (tertiary/aromatic N) is 3. The van der Waals surface area contributed by atoms with Crippen LogP contribution in [0, 0.1) is 0 Å². The van der Waals surface area contributed by atoms with Gasteiger partial charge in [-0.05, 0) is 18.4 Å². The number of halogens is 1. The fraction of sp³-hybridized carbons (Fsp3) is 0.222. The van der Waals surface area contributed by atoms with Crippen molar-refractivity contribution in [3.8, 4) is 0 Å². The largest absolute Gasteiger partial charge is 0.511 e. The molecule has 1 aromatic carbocycles. The summed E-state index contributed by atoms with van der Waals surface area (Å²) in [7, 11) is 0. The average Bonchev–Trinajstić information content (AvgIpc) is 3.10. The molecule has 0 fully saturated rings.